The number of amides is 1. The summed E-state index contributed by atoms with van der Waals surface area (Å²) >= 11 is 0. The lowest BCUT2D eigenvalue weighted by atomic mass is 9.59. The number of pyridine rings is 1. The minimum Gasteiger partial charge on any atom is -0.489 e. The summed E-state index contributed by atoms with van der Waals surface area (Å²) in [6, 6.07) is 20.4. The lowest BCUT2D eigenvalue weighted by Crippen LogP contribution is -2.54. The van der Waals surface area contributed by atoms with E-state index >= 15 is 0 Å². The third-order valence-corrected chi connectivity index (χ3v) is 18.8. The average Bonchev–Trinajstić information content (AvgIpc) is 4.15. The van der Waals surface area contributed by atoms with E-state index in [0.717, 1.165) is 44.2 Å². The highest BCUT2D eigenvalue weighted by molar-refractivity contribution is 7.90. The number of carbonyl (C=O) groups is 1. The summed E-state index contributed by atoms with van der Waals surface area (Å²) in [5.41, 5.74) is 3.23. The number of aliphatic hydroxyl groups excluding tert-OH is 1. The molecule has 11 rings (SSSR count). The molecule has 4 atom stereocenters. The number of nitrogens with one attached hydrogen (secondary N) is 3. The van der Waals surface area contributed by atoms with E-state index < -0.39 is 37.0 Å². The van der Waals surface area contributed by atoms with Gasteiger partial charge in [0.1, 0.15) is 24.1 Å². The first kappa shape index (κ1) is 51.1. The number of H-pyrrole nitrogens is 1. The van der Waals surface area contributed by atoms with Gasteiger partial charge in [-0.2, -0.15) is 4.98 Å². The molecule has 0 bridgehead atoms. The van der Waals surface area contributed by atoms with E-state index in [9.17, 15) is 33.5 Å². The van der Waals surface area contributed by atoms with E-state index in [0.29, 0.717) is 67.7 Å². The quantitative estimate of drug-likeness (QED) is 0.0518. The Hall–Kier alpha value is -5.99. The molecule has 0 unspecified atom stereocenters. The molecule has 6 heterocycles. The number of piperidine rings is 1. The van der Waals surface area contributed by atoms with Gasteiger partial charge in [0.2, 0.25) is 0 Å². The van der Waals surface area contributed by atoms with Gasteiger partial charge in [-0.1, -0.05) is 38.1 Å². The zero-order chi connectivity index (χ0) is 52.4. The number of fused-ring (bicyclic) bond motifs is 2. The van der Waals surface area contributed by atoms with Crippen molar-refractivity contribution in [1.82, 2.24) is 24.5 Å². The number of nitro groups is 1. The number of nitrogens with zero attached hydrogens (tertiary/aromatic N) is 5. The summed E-state index contributed by atoms with van der Waals surface area (Å²) in [5, 5.41) is 37.0. The Morgan fingerprint density at radius 1 is 1.01 bits per heavy atom. The fourth-order valence-corrected chi connectivity index (χ4v) is 14.1. The maximum Gasteiger partial charge on any atom is 0.297 e. The van der Waals surface area contributed by atoms with Crippen molar-refractivity contribution in [3.05, 3.63) is 99.7 Å². The van der Waals surface area contributed by atoms with Gasteiger partial charge in [0, 0.05) is 79.7 Å². The first-order valence-electron chi connectivity index (χ1n) is 26.8. The second-order valence-electron chi connectivity index (χ2n) is 22.9. The highest BCUT2D eigenvalue weighted by Crippen LogP contribution is 2.55. The number of hydrogen-bond acceptors (Lipinski definition) is 15. The highest BCUT2D eigenvalue weighted by Gasteiger charge is 2.50. The summed E-state index contributed by atoms with van der Waals surface area (Å²) in [4.78, 5) is 40.9. The third kappa shape index (κ3) is 10.3. The molecule has 2 aliphatic carbocycles. The number of sulfonamides is 1. The minimum atomic E-state index is -4.74. The summed E-state index contributed by atoms with van der Waals surface area (Å²) in [7, 11) is -2.82. The van der Waals surface area contributed by atoms with Crippen molar-refractivity contribution >= 4 is 44.0 Å². The molecule has 0 radical (unpaired) electrons. The van der Waals surface area contributed by atoms with Crippen molar-refractivity contribution in [2.24, 2.45) is 11.3 Å². The number of anilines is 2. The van der Waals surface area contributed by atoms with E-state index in [1.54, 1.807) is 37.4 Å². The van der Waals surface area contributed by atoms with Crippen LogP contribution in [0, 0.1) is 21.4 Å². The first-order valence-corrected chi connectivity index (χ1v) is 28.3. The van der Waals surface area contributed by atoms with Crippen LogP contribution in [0.25, 0.3) is 11.0 Å². The summed E-state index contributed by atoms with van der Waals surface area (Å²) in [5.74, 6) is -0.0534. The molecular weight excluding hydrogens is 977 g/mol. The van der Waals surface area contributed by atoms with Crippen LogP contribution in [0.5, 0.6) is 23.1 Å². The predicted octanol–water partition coefficient (Wildman–Crippen LogP) is 8.65. The first-order chi connectivity index (χ1) is 35.9. The number of aliphatic hydroxyl groups is 2. The highest BCUT2D eigenvalue weighted by atomic mass is 32.2. The van der Waals surface area contributed by atoms with Crippen LogP contribution in [-0.4, -0.2) is 126 Å². The minimum absolute atomic E-state index is 0.0169. The SMILES string of the molecule is CC(C)c1ccccc1[C@H]1CCCN1C1CC2(CCN(c3ccc(C(=O)NS(=O)(=O)c4cc5c(c([N+](=O)[O-])c4)N[C@@H](C4CCC(C)(O)CC4)CO5)c(Oc4cc5cc[nH]c5nc4O[C@@H]4C[C@@H](CO)N(C)C4)c3)CC2)C1. The van der Waals surface area contributed by atoms with E-state index in [1.165, 1.54) is 42.9 Å². The number of likely N-dealkylation sites (tertiary alicyclic amines) is 2. The molecule has 75 heavy (non-hydrogen) atoms. The number of aromatic nitrogens is 2. The molecular formula is C56H70N8O10S. The molecule has 5 aromatic rings. The molecule has 1 spiro atoms. The molecule has 2 aromatic heterocycles. The van der Waals surface area contributed by atoms with Crippen LogP contribution < -0.4 is 29.1 Å². The zero-order valence-corrected chi connectivity index (χ0v) is 44.1. The predicted molar refractivity (Wildman–Crippen MR) is 284 cm³/mol. The van der Waals surface area contributed by atoms with E-state index in [4.69, 9.17) is 19.2 Å². The number of nitro benzene ring substituents is 1. The van der Waals surface area contributed by atoms with Gasteiger partial charge in [-0.15, -0.1) is 0 Å². The third-order valence-electron chi connectivity index (χ3n) is 17.5. The second-order valence-corrected chi connectivity index (χ2v) is 24.6. The van der Waals surface area contributed by atoms with Gasteiger partial charge in [-0.25, -0.2) is 13.1 Å². The van der Waals surface area contributed by atoms with E-state index in [2.05, 4.69) is 62.9 Å². The van der Waals surface area contributed by atoms with Crippen LogP contribution in [0.4, 0.5) is 17.1 Å². The van der Waals surface area contributed by atoms with E-state index in [-0.39, 0.29) is 77.1 Å². The molecule has 18 nitrogen and oxygen atoms in total. The number of hydrogen-bond donors (Lipinski definition) is 5. The van der Waals surface area contributed by atoms with Crippen molar-refractivity contribution in [2.75, 3.05) is 56.7 Å². The van der Waals surface area contributed by atoms with Crippen LogP contribution in [0.3, 0.4) is 0 Å². The van der Waals surface area contributed by atoms with Gasteiger partial charge < -0.3 is 39.6 Å². The Bertz CT molecular complexity index is 3070. The number of ether oxygens (including phenoxy) is 3. The van der Waals surface area contributed by atoms with Crippen molar-refractivity contribution in [1.29, 1.82) is 0 Å². The molecule has 2 saturated carbocycles. The number of rotatable bonds is 14. The topological polar surface area (TPSA) is 225 Å². The maximum atomic E-state index is 14.5. The van der Waals surface area contributed by atoms with Crippen LogP contribution in [0.2, 0.25) is 0 Å². The summed E-state index contributed by atoms with van der Waals surface area (Å²) in [6.07, 6.45) is 11.3. The molecule has 3 saturated heterocycles. The Labute approximate surface area is 438 Å². The molecule has 3 aromatic carbocycles. The largest absolute Gasteiger partial charge is 0.489 e. The van der Waals surface area contributed by atoms with Gasteiger partial charge in [0.25, 0.3) is 27.5 Å². The Balaban J connectivity index is 0.852. The molecule has 5 N–H and O–H groups in total. The Morgan fingerprint density at radius 3 is 2.52 bits per heavy atom. The second kappa shape index (κ2) is 20.2. The zero-order valence-electron chi connectivity index (χ0n) is 43.3. The lowest BCUT2D eigenvalue weighted by molar-refractivity contribution is -0.384. The van der Waals surface area contributed by atoms with Crippen molar-refractivity contribution in [2.45, 2.75) is 138 Å². The van der Waals surface area contributed by atoms with Crippen LogP contribution in [0.1, 0.15) is 125 Å². The fraction of sp³-hybridized carbons (Fsp3) is 0.536. The van der Waals surface area contributed by atoms with Crippen LogP contribution >= 0.6 is 0 Å². The van der Waals surface area contributed by atoms with Crippen molar-refractivity contribution in [3.8, 4) is 23.1 Å². The Morgan fingerprint density at radius 2 is 1.79 bits per heavy atom. The van der Waals surface area contributed by atoms with Gasteiger partial charge in [-0.05, 0) is 137 Å². The standard InChI is InChI=1S/C56H70N8O10S/c1-34(2)42-8-5-6-9-43(42)46-10-7-21-63(46)39-29-56(30-39)18-22-62(23-19-56)37-11-12-44(48(26-37)74-50-24-36-15-20-57-52(36)59-54(50)73-40-25-38(32-65)61(4)31-40)53(66)60-75(70,71)41-27-47(64(68)69)51-49(28-41)72-33-45(58-51)35-13-16-55(3,67)17-14-35/h5-6,8-9,11-12,15,20,24,26-28,34-35,38-40,45-46,58,65,67H,7,10,13-14,16-19,21-23,25,29-33H2,1-4H3,(H,57,59)(H,60,66)/t35?,38-,40+,45+,46+,55?/m0/s1. The smallest absolute Gasteiger partial charge is 0.297 e. The fourth-order valence-electron chi connectivity index (χ4n) is 13.1. The lowest BCUT2D eigenvalue weighted by Gasteiger charge is -2.56. The average molecular weight is 1050 g/mol. The van der Waals surface area contributed by atoms with Crippen molar-refractivity contribution in [3.63, 3.8) is 0 Å². The Kier molecular flexibility index (Phi) is 13.8. The molecule has 6 aliphatic rings. The van der Waals surface area contributed by atoms with Crippen LogP contribution in [0.15, 0.2) is 77.8 Å². The number of likely N-dealkylation sites (N-methyl/N-ethyl adjacent to an activating group) is 1. The van der Waals surface area contributed by atoms with E-state index in [1.807, 2.05) is 18.0 Å². The maximum absolute atomic E-state index is 14.5. The van der Waals surface area contributed by atoms with Crippen molar-refractivity contribution < 1.29 is 42.6 Å². The molecule has 19 heteroatoms. The van der Waals surface area contributed by atoms with Crippen LogP contribution in [-0.2, 0) is 10.0 Å². The normalized spacial score (nSPS) is 26.2. The monoisotopic (exact) mass is 1050 g/mol. The number of benzene rings is 3. The molecule has 1 amide bonds. The number of aromatic amines is 1. The van der Waals surface area contributed by atoms with Gasteiger partial charge in [0.15, 0.2) is 17.2 Å². The van der Waals surface area contributed by atoms with Gasteiger partial charge >= 0.3 is 0 Å². The summed E-state index contributed by atoms with van der Waals surface area (Å²) in [6.45, 7) is 9.71. The van der Waals surface area contributed by atoms with Gasteiger partial charge in [0.05, 0.1) is 33.6 Å². The van der Waals surface area contributed by atoms with Gasteiger partial charge in [-0.3, -0.25) is 24.7 Å². The molecule has 400 valence electrons. The molecule has 4 aliphatic heterocycles. The summed E-state index contributed by atoms with van der Waals surface area (Å²) < 4.78 is 49.9. The molecule has 5 fully saturated rings. The number of carbonyl (C=O) groups excluding carboxylic acids is 1.